The molecular weight excluding hydrogens is 190 g/mol. The molecule has 1 aromatic rings. The molecule has 1 saturated carbocycles. The average molecular weight is 203 g/mol. The third-order valence-electron chi connectivity index (χ3n) is 2.69. The number of pyridine rings is 1. The van der Waals surface area contributed by atoms with Crippen LogP contribution in [0.4, 0.5) is 0 Å². The summed E-state index contributed by atoms with van der Waals surface area (Å²) in [5.41, 5.74) is 6.41. The first-order chi connectivity index (χ1) is 7.31. The molecule has 0 spiro atoms. The first-order valence-corrected chi connectivity index (χ1v) is 5.07. The first-order valence-electron chi connectivity index (χ1n) is 5.07. The summed E-state index contributed by atoms with van der Waals surface area (Å²) in [5, 5.41) is 8.87. The van der Waals surface area contributed by atoms with Gasteiger partial charge in [-0.3, -0.25) is 4.98 Å². The maximum atomic E-state index is 8.87. The summed E-state index contributed by atoms with van der Waals surface area (Å²) in [5.74, 6) is 0.544. The summed E-state index contributed by atoms with van der Waals surface area (Å²) in [7, 11) is 0. The molecule has 1 fully saturated rings. The molecule has 1 aliphatic carbocycles. The van der Waals surface area contributed by atoms with Gasteiger partial charge in [-0.2, -0.15) is 5.26 Å². The number of nitriles is 1. The van der Waals surface area contributed by atoms with Gasteiger partial charge in [-0.05, 0) is 25.3 Å². The second kappa shape index (κ2) is 4.28. The summed E-state index contributed by atoms with van der Waals surface area (Å²) in [6, 6.07) is 3.81. The Kier molecular flexibility index (Phi) is 2.84. The highest BCUT2D eigenvalue weighted by Crippen LogP contribution is 2.24. The van der Waals surface area contributed by atoms with Crippen molar-refractivity contribution in [2.45, 2.75) is 31.4 Å². The zero-order chi connectivity index (χ0) is 10.7. The van der Waals surface area contributed by atoms with Crippen molar-refractivity contribution in [1.82, 2.24) is 4.98 Å². The van der Waals surface area contributed by atoms with E-state index in [1.807, 2.05) is 0 Å². The average Bonchev–Trinajstić information content (AvgIpc) is 2.65. The van der Waals surface area contributed by atoms with Crippen LogP contribution in [0.5, 0.6) is 5.75 Å². The highest BCUT2D eigenvalue weighted by Gasteiger charge is 2.26. The van der Waals surface area contributed by atoms with E-state index < -0.39 is 0 Å². The van der Waals surface area contributed by atoms with Crippen LogP contribution in [0.3, 0.4) is 0 Å². The molecule has 0 radical (unpaired) electrons. The van der Waals surface area contributed by atoms with Gasteiger partial charge in [0.25, 0.3) is 0 Å². The predicted octanol–water partition coefficient (Wildman–Crippen LogP) is 1.21. The lowest BCUT2D eigenvalue weighted by atomic mass is 10.2. The van der Waals surface area contributed by atoms with E-state index >= 15 is 0 Å². The number of hydrogen-bond acceptors (Lipinski definition) is 4. The normalized spacial score (nSPS) is 24.8. The molecule has 0 saturated heterocycles. The van der Waals surface area contributed by atoms with Gasteiger partial charge in [0.1, 0.15) is 12.2 Å². The number of nitrogens with zero attached hydrogens (tertiary/aromatic N) is 2. The minimum atomic E-state index is 0.0290. The summed E-state index contributed by atoms with van der Waals surface area (Å²) < 4.78 is 5.70. The minimum Gasteiger partial charge on any atom is -0.486 e. The van der Waals surface area contributed by atoms with Crippen molar-refractivity contribution in [1.29, 1.82) is 5.26 Å². The molecular formula is C11H13N3O. The summed E-state index contributed by atoms with van der Waals surface area (Å²) >= 11 is 0. The van der Waals surface area contributed by atoms with Crippen molar-refractivity contribution in [2.75, 3.05) is 0 Å². The second-order valence-corrected chi connectivity index (χ2v) is 3.73. The smallest absolute Gasteiger partial charge is 0.155 e. The van der Waals surface area contributed by atoms with E-state index in [9.17, 15) is 0 Å². The highest BCUT2D eigenvalue weighted by molar-refractivity contribution is 5.40. The Balaban J connectivity index is 2.14. The Hall–Kier alpha value is -1.60. The van der Waals surface area contributed by atoms with E-state index in [-0.39, 0.29) is 12.1 Å². The molecule has 2 rings (SSSR count). The maximum Gasteiger partial charge on any atom is 0.155 e. The fourth-order valence-corrected chi connectivity index (χ4v) is 1.83. The van der Waals surface area contributed by atoms with Crippen molar-refractivity contribution < 1.29 is 4.74 Å². The van der Waals surface area contributed by atoms with Gasteiger partial charge in [-0.1, -0.05) is 0 Å². The van der Waals surface area contributed by atoms with Crippen LogP contribution in [0, 0.1) is 11.3 Å². The summed E-state index contributed by atoms with van der Waals surface area (Å²) in [6.07, 6.45) is 6.23. The Bertz CT molecular complexity index is 386. The Morgan fingerprint density at radius 1 is 1.53 bits per heavy atom. The van der Waals surface area contributed by atoms with Crippen LogP contribution in [0.2, 0.25) is 0 Å². The third-order valence-corrected chi connectivity index (χ3v) is 2.69. The lowest BCUT2D eigenvalue weighted by molar-refractivity contribution is 0.190. The van der Waals surface area contributed by atoms with E-state index in [4.69, 9.17) is 15.7 Å². The predicted molar refractivity (Wildman–Crippen MR) is 55.2 cm³/mol. The number of rotatable bonds is 2. The summed E-state index contributed by atoms with van der Waals surface area (Å²) in [6.45, 7) is 0. The molecule has 4 nitrogen and oxygen atoms in total. The highest BCUT2D eigenvalue weighted by atomic mass is 16.5. The van der Waals surface area contributed by atoms with Gasteiger partial charge in [0, 0.05) is 12.2 Å². The molecule has 1 aliphatic rings. The van der Waals surface area contributed by atoms with E-state index in [0.717, 1.165) is 19.3 Å². The molecule has 2 N–H and O–H groups in total. The van der Waals surface area contributed by atoms with E-state index in [0.29, 0.717) is 11.3 Å². The molecule has 15 heavy (non-hydrogen) atoms. The van der Waals surface area contributed by atoms with Gasteiger partial charge >= 0.3 is 0 Å². The Morgan fingerprint density at radius 2 is 2.40 bits per heavy atom. The molecule has 0 amide bonds. The fourth-order valence-electron chi connectivity index (χ4n) is 1.83. The molecule has 1 aromatic heterocycles. The third kappa shape index (κ3) is 2.08. The Morgan fingerprint density at radius 3 is 3.07 bits per heavy atom. The SMILES string of the molecule is N#Cc1ccncc1OC1CCCC1N. The second-order valence-electron chi connectivity index (χ2n) is 3.73. The Labute approximate surface area is 88.7 Å². The standard InChI is InChI=1S/C11H13N3O/c12-6-8-4-5-14-7-11(8)15-10-3-1-2-9(10)13/h4-5,7,9-10H,1-3,13H2. The summed E-state index contributed by atoms with van der Waals surface area (Å²) in [4.78, 5) is 3.94. The van der Waals surface area contributed by atoms with Gasteiger partial charge in [0.2, 0.25) is 0 Å². The van der Waals surface area contributed by atoms with Crippen molar-refractivity contribution in [2.24, 2.45) is 5.73 Å². The lowest BCUT2D eigenvalue weighted by Gasteiger charge is -2.17. The number of nitrogens with two attached hydrogens (primary N) is 1. The number of aromatic nitrogens is 1. The van der Waals surface area contributed by atoms with E-state index in [1.165, 1.54) is 0 Å². The first kappa shape index (κ1) is 9.94. The molecule has 2 unspecified atom stereocenters. The van der Waals surface area contributed by atoms with Crippen LogP contribution in [-0.2, 0) is 0 Å². The van der Waals surface area contributed by atoms with E-state index in [2.05, 4.69) is 11.1 Å². The van der Waals surface area contributed by atoms with Crippen molar-refractivity contribution in [3.05, 3.63) is 24.0 Å². The van der Waals surface area contributed by atoms with Crippen LogP contribution >= 0.6 is 0 Å². The van der Waals surface area contributed by atoms with Gasteiger partial charge in [-0.25, -0.2) is 0 Å². The van der Waals surface area contributed by atoms with Crippen LogP contribution in [0.1, 0.15) is 24.8 Å². The molecule has 0 aromatic carbocycles. The molecule has 1 heterocycles. The van der Waals surface area contributed by atoms with Crippen molar-refractivity contribution >= 4 is 0 Å². The zero-order valence-corrected chi connectivity index (χ0v) is 8.39. The van der Waals surface area contributed by atoms with Crippen LogP contribution in [-0.4, -0.2) is 17.1 Å². The van der Waals surface area contributed by atoms with E-state index in [1.54, 1.807) is 18.5 Å². The minimum absolute atomic E-state index is 0.0290. The quantitative estimate of drug-likeness (QED) is 0.784. The molecule has 78 valence electrons. The van der Waals surface area contributed by atoms with Crippen molar-refractivity contribution in [3.8, 4) is 11.8 Å². The van der Waals surface area contributed by atoms with Gasteiger partial charge < -0.3 is 10.5 Å². The molecule has 4 heteroatoms. The molecule has 0 bridgehead atoms. The monoisotopic (exact) mass is 203 g/mol. The largest absolute Gasteiger partial charge is 0.486 e. The maximum absolute atomic E-state index is 8.87. The zero-order valence-electron chi connectivity index (χ0n) is 8.39. The number of hydrogen-bond donors (Lipinski definition) is 1. The van der Waals surface area contributed by atoms with Gasteiger partial charge in [0.05, 0.1) is 11.8 Å². The lowest BCUT2D eigenvalue weighted by Crippen LogP contribution is -2.33. The molecule has 2 atom stereocenters. The molecule has 0 aliphatic heterocycles. The van der Waals surface area contributed by atoms with Crippen LogP contribution < -0.4 is 10.5 Å². The van der Waals surface area contributed by atoms with Crippen LogP contribution in [0.25, 0.3) is 0 Å². The topological polar surface area (TPSA) is 71.9 Å². The van der Waals surface area contributed by atoms with Gasteiger partial charge in [-0.15, -0.1) is 0 Å². The van der Waals surface area contributed by atoms with Crippen molar-refractivity contribution in [3.63, 3.8) is 0 Å². The van der Waals surface area contributed by atoms with Crippen LogP contribution in [0.15, 0.2) is 18.5 Å². The van der Waals surface area contributed by atoms with Gasteiger partial charge in [0.15, 0.2) is 5.75 Å². The fraction of sp³-hybridized carbons (Fsp3) is 0.455. The number of ether oxygens (including phenoxy) is 1.